The predicted molar refractivity (Wildman–Crippen MR) is 92.6 cm³/mol. The lowest BCUT2D eigenvalue weighted by Gasteiger charge is -2.22. The summed E-state index contributed by atoms with van der Waals surface area (Å²) in [4.78, 5) is 31.5. The summed E-state index contributed by atoms with van der Waals surface area (Å²) in [6.07, 6.45) is 4.08. The van der Waals surface area contributed by atoms with E-state index in [-0.39, 0.29) is 18.4 Å². The molecular formula is C17H29N5O2. The highest BCUT2D eigenvalue weighted by Gasteiger charge is 2.24. The van der Waals surface area contributed by atoms with Crippen LogP contribution in [0, 0.1) is 13.8 Å². The normalized spacial score (nSPS) is 18.6. The van der Waals surface area contributed by atoms with Gasteiger partial charge in [-0.15, -0.1) is 0 Å². The minimum absolute atomic E-state index is 0.0271. The first-order valence-corrected chi connectivity index (χ1v) is 8.58. The molecule has 2 amide bonds. The molecule has 24 heavy (non-hydrogen) atoms. The molecule has 1 unspecified atom stereocenters. The van der Waals surface area contributed by atoms with Gasteiger partial charge in [-0.3, -0.25) is 9.59 Å². The van der Waals surface area contributed by atoms with Crippen LogP contribution >= 0.6 is 0 Å². The van der Waals surface area contributed by atoms with Crippen molar-refractivity contribution < 1.29 is 9.59 Å². The number of nitrogens with one attached hydrogen (secondary N) is 1. The highest BCUT2D eigenvalue weighted by Crippen LogP contribution is 2.12. The van der Waals surface area contributed by atoms with Gasteiger partial charge in [0.15, 0.2) is 0 Å². The first-order chi connectivity index (χ1) is 11.4. The van der Waals surface area contributed by atoms with Crippen molar-refractivity contribution in [2.75, 3.05) is 33.7 Å². The van der Waals surface area contributed by atoms with Crippen LogP contribution in [0.15, 0.2) is 6.33 Å². The van der Waals surface area contributed by atoms with Gasteiger partial charge < -0.3 is 19.7 Å². The number of carbonyl (C=O) groups is 2. The Kier molecular flexibility index (Phi) is 6.36. The number of amides is 2. The Hall–Kier alpha value is -1.89. The lowest BCUT2D eigenvalue weighted by atomic mass is 10.1. The standard InChI is InChI=1S/C17H29N5O2/c1-13-14(2)22(12-19-13)10-8-18-15-5-6-16(23)21(9-7-15)11-17(24)20(3)4/h12,15,18H,5-11H2,1-4H3. The minimum atomic E-state index is -0.0271. The third-order valence-electron chi connectivity index (χ3n) is 4.76. The van der Waals surface area contributed by atoms with Crippen molar-refractivity contribution in [3.8, 4) is 0 Å². The summed E-state index contributed by atoms with van der Waals surface area (Å²) in [5, 5.41) is 3.54. The number of carbonyl (C=O) groups excluding carboxylic acids is 2. The first kappa shape index (κ1) is 18.4. The molecule has 1 aliphatic rings. The van der Waals surface area contributed by atoms with Crippen molar-refractivity contribution in [2.45, 2.75) is 45.7 Å². The molecule has 7 nitrogen and oxygen atoms in total. The highest BCUT2D eigenvalue weighted by molar-refractivity contribution is 5.84. The van der Waals surface area contributed by atoms with E-state index >= 15 is 0 Å². The average molecular weight is 335 g/mol. The average Bonchev–Trinajstić information content (AvgIpc) is 2.75. The lowest BCUT2D eigenvalue weighted by Crippen LogP contribution is -2.40. The monoisotopic (exact) mass is 335 g/mol. The summed E-state index contributed by atoms with van der Waals surface area (Å²) in [5.74, 6) is 0.0521. The van der Waals surface area contributed by atoms with Crippen molar-refractivity contribution in [3.05, 3.63) is 17.7 Å². The molecule has 1 fully saturated rings. The van der Waals surface area contributed by atoms with Gasteiger partial charge in [-0.1, -0.05) is 0 Å². The van der Waals surface area contributed by atoms with Crippen LogP contribution < -0.4 is 5.32 Å². The summed E-state index contributed by atoms with van der Waals surface area (Å²) in [5.41, 5.74) is 2.26. The summed E-state index contributed by atoms with van der Waals surface area (Å²) in [7, 11) is 3.43. The molecule has 0 aromatic carbocycles. The Labute approximate surface area is 144 Å². The fraction of sp³-hybridized carbons (Fsp3) is 0.706. The van der Waals surface area contributed by atoms with Gasteiger partial charge in [0.2, 0.25) is 11.8 Å². The quantitative estimate of drug-likeness (QED) is 0.825. The van der Waals surface area contributed by atoms with Crippen LogP contribution in [0.4, 0.5) is 0 Å². The third-order valence-corrected chi connectivity index (χ3v) is 4.76. The van der Waals surface area contributed by atoms with Gasteiger partial charge in [0.1, 0.15) is 0 Å². The molecule has 7 heteroatoms. The smallest absolute Gasteiger partial charge is 0.241 e. The number of aromatic nitrogens is 2. The van der Waals surface area contributed by atoms with E-state index < -0.39 is 0 Å². The lowest BCUT2D eigenvalue weighted by molar-refractivity contribution is -0.138. The van der Waals surface area contributed by atoms with E-state index in [4.69, 9.17) is 0 Å². The van der Waals surface area contributed by atoms with Crippen LogP contribution in [-0.2, 0) is 16.1 Å². The zero-order valence-corrected chi connectivity index (χ0v) is 15.2. The van der Waals surface area contributed by atoms with Gasteiger partial charge in [-0.05, 0) is 26.7 Å². The van der Waals surface area contributed by atoms with Crippen LogP contribution in [0.1, 0.15) is 30.7 Å². The molecule has 134 valence electrons. The molecule has 1 aromatic heterocycles. The molecule has 0 radical (unpaired) electrons. The number of likely N-dealkylation sites (N-methyl/N-ethyl adjacent to an activating group) is 1. The van der Waals surface area contributed by atoms with Crippen LogP contribution in [0.3, 0.4) is 0 Å². The second-order valence-corrected chi connectivity index (χ2v) is 6.69. The maximum atomic E-state index is 12.2. The maximum Gasteiger partial charge on any atom is 0.241 e. The third kappa shape index (κ3) is 4.80. The number of imidazole rings is 1. The fourth-order valence-electron chi connectivity index (χ4n) is 2.87. The highest BCUT2D eigenvalue weighted by atomic mass is 16.2. The summed E-state index contributed by atoms with van der Waals surface area (Å²) in [6, 6.07) is 0.318. The van der Waals surface area contributed by atoms with Crippen molar-refractivity contribution >= 4 is 11.8 Å². The Morgan fingerprint density at radius 2 is 2.12 bits per heavy atom. The van der Waals surface area contributed by atoms with E-state index in [1.807, 2.05) is 13.3 Å². The fourth-order valence-corrected chi connectivity index (χ4v) is 2.87. The van der Waals surface area contributed by atoms with Crippen LogP contribution in [0.5, 0.6) is 0 Å². The second kappa shape index (κ2) is 8.28. The van der Waals surface area contributed by atoms with Crippen LogP contribution in [0.2, 0.25) is 0 Å². The van der Waals surface area contributed by atoms with E-state index in [1.165, 1.54) is 10.6 Å². The zero-order chi connectivity index (χ0) is 17.7. The Balaban J connectivity index is 1.79. The molecule has 1 atom stereocenters. The largest absolute Gasteiger partial charge is 0.347 e. The van der Waals surface area contributed by atoms with Gasteiger partial charge >= 0.3 is 0 Å². The summed E-state index contributed by atoms with van der Waals surface area (Å²) in [6.45, 7) is 6.64. The number of aryl methyl sites for hydroxylation is 1. The van der Waals surface area contributed by atoms with Gasteiger partial charge in [0, 0.05) is 51.9 Å². The van der Waals surface area contributed by atoms with E-state index in [0.717, 1.165) is 31.6 Å². The van der Waals surface area contributed by atoms with Gasteiger partial charge in [-0.2, -0.15) is 0 Å². The maximum absolute atomic E-state index is 12.2. The summed E-state index contributed by atoms with van der Waals surface area (Å²) >= 11 is 0. The predicted octanol–water partition coefficient (Wildman–Crippen LogP) is 0.559. The number of hydrogen-bond donors (Lipinski definition) is 1. The number of rotatable bonds is 6. The number of hydrogen-bond acceptors (Lipinski definition) is 4. The van der Waals surface area contributed by atoms with E-state index in [2.05, 4.69) is 21.8 Å². The Bertz CT molecular complexity index is 582. The van der Waals surface area contributed by atoms with Crippen LogP contribution in [-0.4, -0.2) is 70.9 Å². The number of nitrogens with zero attached hydrogens (tertiary/aromatic N) is 4. The summed E-state index contributed by atoms with van der Waals surface area (Å²) < 4.78 is 2.15. The molecule has 0 saturated carbocycles. The molecule has 1 aromatic rings. The molecule has 1 saturated heterocycles. The molecule has 2 rings (SSSR count). The molecule has 0 bridgehead atoms. The van der Waals surface area contributed by atoms with Crippen molar-refractivity contribution in [2.24, 2.45) is 0 Å². The molecule has 0 aliphatic carbocycles. The number of likely N-dealkylation sites (tertiary alicyclic amines) is 1. The Morgan fingerprint density at radius 1 is 1.38 bits per heavy atom. The topological polar surface area (TPSA) is 70.5 Å². The van der Waals surface area contributed by atoms with E-state index in [1.54, 1.807) is 19.0 Å². The second-order valence-electron chi connectivity index (χ2n) is 6.69. The molecule has 2 heterocycles. The molecule has 1 N–H and O–H groups in total. The van der Waals surface area contributed by atoms with Crippen molar-refractivity contribution in [1.29, 1.82) is 0 Å². The zero-order valence-electron chi connectivity index (χ0n) is 15.2. The molecule has 1 aliphatic heterocycles. The van der Waals surface area contributed by atoms with Crippen LogP contribution in [0.25, 0.3) is 0 Å². The van der Waals surface area contributed by atoms with Gasteiger partial charge in [-0.25, -0.2) is 4.98 Å². The van der Waals surface area contributed by atoms with Crippen molar-refractivity contribution in [1.82, 2.24) is 24.7 Å². The SMILES string of the molecule is Cc1ncn(CCNC2CCC(=O)N(CC(=O)N(C)C)CC2)c1C. The van der Waals surface area contributed by atoms with E-state index in [0.29, 0.717) is 19.0 Å². The van der Waals surface area contributed by atoms with Gasteiger partial charge in [0.05, 0.1) is 18.6 Å². The molecule has 0 spiro atoms. The van der Waals surface area contributed by atoms with Gasteiger partial charge in [0.25, 0.3) is 0 Å². The minimum Gasteiger partial charge on any atom is -0.347 e. The molecular weight excluding hydrogens is 306 g/mol. The Morgan fingerprint density at radius 3 is 2.75 bits per heavy atom. The van der Waals surface area contributed by atoms with Crippen molar-refractivity contribution in [3.63, 3.8) is 0 Å². The van der Waals surface area contributed by atoms with E-state index in [9.17, 15) is 9.59 Å². The first-order valence-electron chi connectivity index (χ1n) is 8.58.